The summed E-state index contributed by atoms with van der Waals surface area (Å²) in [5, 5.41) is 8.63. The summed E-state index contributed by atoms with van der Waals surface area (Å²) in [6.07, 6.45) is 0. The number of benzene rings is 1. The van der Waals surface area contributed by atoms with Gasteiger partial charge in [0, 0.05) is 5.56 Å². The van der Waals surface area contributed by atoms with Gasteiger partial charge in [-0.25, -0.2) is 8.42 Å². The van der Waals surface area contributed by atoms with E-state index in [0.717, 1.165) is 0 Å². The number of hydrogen-bond acceptors (Lipinski definition) is 4. The lowest BCUT2D eigenvalue weighted by molar-refractivity contribution is 0.102. The normalized spacial score (nSPS) is 11.9. The predicted molar refractivity (Wildman–Crippen MR) is 69.0 cm³/mol. The Kier molecular flexibility index (Phi) is 3.92. The highest BCUT2D eigenvalue weighted by molar-refractivity contribution is 7.93. The number of nitriles is 1. The lowest BCUT2D eigenvalue weighted by atomic mass is 10.1. The number of sulfone groups is 1. The van der Waals surface area contributed by atoms with Gasteiger partial charge in [-0.3, -0.25) is 4.79 Å². The molecule has 0 spiro atoms. The maximum atomic E-state index is 11.9. The van der Waals surface area contributed by atoms with Crippen molar-refractivity contribution < 1.29 is 13.2 Å². The molecule has 1 aromatic carbocycles. The molecule has 4 nitrogen and oxygen atoms in total. The first-order valence-electron chi connectivity index (χ1n) is 5.43. The highest BCUT2D eigenvalue weighted by Crippen LogP contribution is 2.17. The quantitative estimate of drug-likeness (QED) is 0.783. The van der Waals surface area contributed by atoms with Crippen molar-refractivity contribution in [3.05, 3.63) is 35.4 Å². The zero-order valence-corrected chi connectivity index (χ0v) is 11.4. The van der Waals surface area contributed by atoms with Crippen LogP contribution in [-0.4, -0.2) is 24.7 Å². The Morgan fingerprint density at radius 2 is 1.72 bits per heavy atom. The number of carbonyl (C=O) groups is 1. The Balaban J connectivity index is 2.94. The molecule has 0 aliphatic heterocycles. The zero-order valence-electron chi connectivity index (χ0n) is 10.6. The van der Waals surface area contributed by atoms with Crippen LogP contribution >= 0.6 is 0 Å². The summed E-state index contributed by atoms with van der Waals surface area (Å²) in [7, 11) is -3.48. The molecule has 0 atom stereocenters. The lowest BCUT2D eigenvalue weighted by Crippen LogP contribution is -2.33. The fourth-order valence-corrected chi connectivity index (χ4v) is 2.15. The van der Waals surface area contributed by atoms with Crippen molar-refractivity contribution in [2.75, 3.05) is 5.75 Å². The monoisotopic (exact) mass is 265 g/mol. The van der Waals surface area contributed by atoms with Crippen LogP contribution in [0, 0.1) is 11.3 Å². The van der Waals surface area contributed by atoms with Crippen LogP contribution in [0.1, 0.15) is 36.7 Å². The van der Waals surface area contributed by atoms with Crippen molar-refractivity contribution in [2.24, 2.45) is 0 Å². The molecule has 96 valence electrons. The van der Waals surface area contributed by atoms with Crippen LogP contribution in [0.2, 0.25) is 0 Å². The second-order valence-corrected chi connectivity index (χ2v) is 7.73. The highest BCUT2D eigenvalue weighted by atomic mass is 32.2. The zero-order chi connectivity index (χ0) is 14.0. The number of hydrogen-bond donors (Lipinski definition) is 0. The second kappa shape index (κ2) is 4.91. The molecule has 0 fully saturated rings. The molecule has 0 heterocycles. The molecule has 1 aromatic rings. The van der Waals surface area contributed by atoms with E-state index in [0.29, 0.717) is 11.1 Å². The molecule has 1 rings (SSSR count). The van der Waals surface area contributed by atoms with Crippen molar-refractivity contribution in [3.63, 3.8) is 0 Å². The van der Waals surface area contributed by atoms with E-state index >= 15 is 0 Å². The summed E-state index contributed by atoms with van der Waals surface area (Å²) in [5.41, 5.74) is 0.743. The van der Waals surface area contributed by atoms with Gasteiger partial charge in [-0.1, -0.05) is 12.1 Å². The van der Waals surface area contributed by atoms with Gasteiger partial charge in [-0.15, -0.1) is 0 Å². The molecule has 0 radical (unpaired) electrons. The van der Waals surface area contributed by atoms with Crippen molar-refractivity contribution in [1.29, 1.82) is 5.26 Å². The molecule has 0 aromatic heterocycles. The number of rotatable bonds is 3. The van der Waals surface area contributed by atoms with Gasteiger partial charge >= 0.3 is 0 Å². The molecular weight excluding hydrogens is 250 g/mol. The summed E-state index contributed by atoms with van der Waals surface area (Å²) in [6.45, 7) is 4.69. The third kappa shape index (κ3) is 3.17. The smallest absolute Gasteiger partial charge is 0.177 e. The molecule has 0 aliphatic rings. The minimum absolute atomic E-state index is 0.307. The van der Waals surface area contributed by atoms with Crippen LogP contribution in [0.5, 0.6) is 0 Å². The average Bonchev–Trinajstić information content (AvgIpc) is 2.27. The summed E-state index contributed by atoms with van der Waals surface area (Å²) in [5.74, 6) is -0.961. The van der Waals surface area contributed by atoms with Gasteiger partial charge in [0.25, 0.3) is 0 Å². The molecule has 0 amide bonds. The summed E-state index contributed by atoms with van der Waals surface area (Å²) >= 11 is 0. The van der Waals surface area contributed by atoms with Crippen LogP contribution in [0.3, 0.4) is 0 Å². The van der Waals surface area contributed by atoms with Crippen LogP contribution < -0.4 is 0 Å². The van der Waals surface area contributed by atoms with E-state index in [9.17, 15) is 13.2 Å². The van der Waals surface area contributed by atoms with Crippen LogP contribution in [0.25, 0.3) is 0 Å². The number of nitrogens with zero attached hydrogens (tertiary/aromatic N) is 1. The van der Waals surface area contributed by atoms with Gasteiger partial charge in [0.15, 0.2) is 15.6 Å². The molecule has 0 unspecified atom stereocenters. The molecule has 0 aliphatic carbocycles. The second-order valence-electron chi connectivity index (χ2n) is 4.98. The van der Waals surface area contributed by atoms with Crippen LogP contribution in [-0.2, 0) is 9.84 Å². The van der Waals surface area contributed by atoms with Crippen molar-refractivity contribution in [2.45, 2.75) is 25.5 Å². The minimum atomic E-state index is -3.48. The fourth-order valence-electron chi connectivity index (χ4n) is 1.20. The van der Waals surface area contributed by atoms with Crippen LogP contribution in [0.15, 0.2) is 24.3 Å². The standard InChI is InChI=1S/C13H15NO3S/c1-13(2,3)18(16,17)9-12(15)11-6-4-10(8-14)5-7-11/h4-7H,9H2,1-3H3. The van der Waals surface area contributed by atoms with Gasteiger partial charge in [0.05, 0.1) is 16.4 Å². The Morgan fingerprint density at radius 1 is 1.22 bits per heavy atom. The Bertz CT molecular complexity index is 587. The summed E-state index contributed by atoms with van der Waals surface area (Å²) < 4.78 is 22.8. The maximum Gasteiger partial charge on any atom is 0.177 e. The first kappa shape index (κ1) is 14.4. The van der Waals surface area contributed by atoms with E-state index in [2.05, 4.69) is 0 Å². The van der Waals surface area contributed by atoms with E-state index in [4.69, 9.17) is 5.26 Å². The van der Waals surface area contributed by atoms with Gasteiger partial charge in [0.2, 0.25) is 0 Å². The van der Waals surface area contributed by atoms with E-state index in [-0.39, 0.29) is 0 Å². The van der Waals surface area contributed by atoms with Gasteiger partial charge in [-0.05, 0) is 32.9 Å². The Morgan fingerprint density at radius 3 is 2.11 bits per heavy atom. The Labute approximate surface area is 107 Å². The Hall–Kier alpha value is -1.67. The first-order valence-corrected chi connectivity index (χ1v) is 7.08. The van der Waals surface area contributed by atoms with Crippen molar-refractivity contribution in [1.82, 2.24) is 0 Å². The summed E-state index contributed by atoms with van der Waals surface area (Å²) in [4.78, 5) is 11.8. The van der Waals surface area contributed by atoms with E-state index in [1.54, 1.807) is 20.8 Å². The minimum Gasteiger partial charge on any atom is -0.293 e. The average molecular weight is 265 g/mol. The maximum absolute atomic E-state index is 11.9. The molecule has 0 saturated carbocycles. The molecule has 0 saturated heterocycles. The predicted octanol–water partition coefficient (Wildman–Crippen LogP) is 1.95. The fraction of sp³-hybridized carbons (Fsp3) is 0.385. The lowest BCUT2D eigenvalue weighted by Gasteiger charge is -2.18. The van der Waals surface area contributed by atoms with E-state index < -0.39 is 26.1 Å². The van der Waals surface area contributed by atoms with E-state index in [1.165, 1.54) is 24.3 Å². The van der Waals surface area contributed by atoms with Crippen LogP contribution in [0.4, 0.5) is 0 Å². The molecule has 0 N–H and O–H groups in total. The van der Waals surface area contributed by atoms with Gasteiger partial charge in [0.1, 0.15) is 5.75 Å². The van der Waals surface area contributed by atoms with Gasteiger partial charge in [-0.2, -0.15) is 5.26 Å². The summed E-state index contributed by atoms with van der Waals surface area (Å²) in [6, 6.07) is 7.87. The number of Topliss-reactive ketones (excluding diaryl/α,β-unsaturated/α-hetero) is 1. The largest absolute Gasteiger partial charge is 0.293 e. The third-order valence-electron chi connectivity index (χ3n) is 2.59. The number of carbonyl (C=O) groups excluding carboxylic acids is 1. The van der Waals surface area contributed by atoms with Gasteiger partial charge < -0.3 is 0 Å². The topological polar surface area (TPSA) is 75.0 Å². The molecule has 5 heteroatoms. The SMILES string of the molecule is CC(C)(C)S(=O)(=O)CC(=O)c1ccc(C#N)cc1. The number of ketones is 1. The first-order chi connectivity index (χ1) is 8.17. The molecule has 18 heavy (non-hydrogen) atoms. The third-order valence-corrected chi connectivity index (χ3v) is 5.10. The molecular formula is C13H15NO3S. The van der Waals surface area contributed by atoms with Crippen molar-refractivity contribution in [3.8, 4) is 6.07 Å². The molecule has 0 bridgehead atoms. The van der Waals surface area contributed by atoms with E-state index in [1.807, 2.05) is 6.07 Å². The highest BCUT2D eigenvalue weighted by Gasteiger charge is 2.31. The van der Waals surface area contributed by atoms with Crippen molar-refractivity contribution >= 4 is 15.6 Å².